The third-order valence-electron chi connectivity index (χ3n) is 6.08. The summed E-state index contributed by atoms with van der Waals surface area (Å²) in [6, 6.07) is 23.4. The van der Waals surface area contributed by atoms with E-state index >= 15 is 0 Å². The second-order valence-corrected chi connectivity index (χ2v) is 9.16. The summed E-state index contributed by atoms with van der Waals surface area (Å²) in [5.41, 5.74) is 5.16. The monoisotopic (exact) mass is 475 g/mol. The van der Waals surface area contributed by atoms with Crippen LogP contribution >= 0.6 is 23.2 Å². The van der Waals surface area contributed by atoms with Crippen molar-refractivity contribution in [2.24, 2.45) is 0 Å². The number of aryl methyl sites for hydroxylation is 1. The highest BCUT2D eigenvalue weighted by atomic mass is 35.5. The smallest absolute Gasteiger partial charge is 0.254 e. The van der Waals surface area contributed by atoms with Crippen molar-refractivity contribution >= 4 is 45.7 Å². The van der Waals surface area contributed by atoms with Crippen molar-refractivity contribution in [2.75, 3.05) is 31.1 Å². The zero-order valence-electron chi connectivity index (χ0n) is 18.3. The first-order chi connectivity index (χ1) is 16.0. The summed E-state index contributed by atoms with van der Waals surface area (Å²) in [7, 11) is 0. The predicted molar refractivity (Wildman–Crippen MR) is 136 cm³/mol. The molecule has 1 amide bonds. The molecule has 0 unspecified atom stereocenters. The number of halogens is 2. The fraction of sp³-hybridized carbons (Fsp3) is 0.185. The van der Waals surface area contributed by atoms with Crippen LogP contribution in [0.2, 0.25) is 10.0 Å². The highest BCUT2D eigenvalue weighted by Crippen LogP contribution is 2.31. The van der Waals surface area contributed by atoms with Crippen molar-refractivity contribution in [3.8, 4) is 11.3 Å². The van der Waals surface area contributed by atoms with Crippen molar-refractivity contribution in [3.63, 3.8) is 0 Å². The van der Waals surface area contributed by atoms with E-state index < -0.39 is 0 Å². The number of carbonyl (C=O) groups is 1. The van der Waals surface area contributed by atoms with E-state index in [1.54, 1.807) is 0 Å². The van der Waals surface area contributed by atoms with Gasteiger partial charge in [-0.15, -0.1) is 0 Å². The van der Waals surface area contributed by atoms with E-state index in [9.17, 15) is 4.79 Å². The Labute approximate surface area is 203 Å². The fourth-order valence-corrected chi connectivity index (χ4v) is 4.75. The lowest BCUT2D eigenvalue weighted by Gasteiger charge is -2.36. The number of nitrogens with zero attached hydrogens (tertiary/aromatic N) is 3. The maximum absolute atomic E-state index is 13.7. The van der Waals surface area contributed by atoms with E-state index in [1.807, 2.05) is 78.6 Å². The van der Waals surface area contributed by atoms with Crippen LogP contribution in [0.25, 0.3) is 22.2 Å². The number of benzene rings is 3. The number of hydrogen-bond acceptors (Lipinski definition) is 3. The molecule has 1 aliphatic heterocycles. The number of amides is 1. The number of anilines is 1. The van der Waals surface area contributed by atoms with E-state index in [2.05, 4.69) is 11.0 Å². The average Bonchev–Trinajstić information content (AvgIpc) is 2.83. The van der Waals surface area contributed by atoms with Crippen molar-refractivity contribution in [2.45, 2.75) is 6.92 Å². The van der Waals surface area contributed by atoms with E-state index in [0.29, 0.717) is 29.4 Å². The molecular formula is C27H23Cl2N3O. The first-order valence-corrected chi connectivity index (χ1v) is 11.7. The highest BCUT2D eigenvalue weighted by molar-refractivity contribution is 6.33. The number of piperazine rings is 1. The van der Waals surface area contributed by atoms with Gasteiger partial charge in [-0.05, 0) is 49.4 Å². The average molecular weight is 476 g/mol. The van der Waals surface area contributed by atoms with Crippen LogP contribution < -0.4 is 4.90 Å². The molecule has 4 nitrogen and oxygen atoms in total. The molecule has 0 atom stereocenters. The Morgan fingerprint density at radius 2 is 1.67 bits per heavy atom. The molecule has 6 heteroatoms. The minimum atomic E-state index is 0.0204. The molecule has 0 N–H and O–H groups in total. The molecule has 33 heavy (non-hydrogen) atoms. The Morgan fingerprint density at radius 3 is 2.42 bits per heavy atom. The van der Waals surface area contributed by atoms with Crippen LogP contribution in [0, 0.1) is 6.92 Å². The van der Waals surface area contributed by atoms with E-state index in [1.165, 1.54) is 0 Å². The lowest BCUT2D eigenvalue weighted by molar-refractivity contribution is 0.0748. The van der Waals surface area contributed by atoms with Gasteiger partial charge in [-0.2, -0.15) is 0 Å². The molecule has 2 heterocycles. The lowest BCUT2D eigenvalue weighted by Crippen LogP contribution is -2.48. The van der Waals surface area contributed by atoms with Gasteiger partial charge >= 0.3 is 0 Å². The molecule has 0 spiro atoms. The third-order valence-corrected chi connectivity index (χ3v) is 6.65. The van der Waals surface area contributed by atoms with Crippen molar-refractivity contribution in [1.82, 2.24) is 9.88 Å². The van der Waals surface area contributed by atoms with Crippen molar-refractivity contribution < 1.29 is 4.79 Å². The van der Waals surface area contributed by atoms with Crippen LogP contribution in [0.15, 0.2) is 72.8 Å². The Bertz CT molecular complexity index is 1350. The molecule has 5 rings (SSSR count). The summed E-state index contributed by atoms with van der Waals surface area (Å²) in [4.78, 5) is 22.7. The van der Waals surface area contributed by atoms with Gasteiger partial charge in [-0.3, -0.25) is 4.79 Å². The van der Waals surface area contributed by atoms with Crippen LogP contribution in [0.3, 0.4) is 0 Å². The summed E-state index contributed by atoms with van der Waals surface area (Å²) in [5.74, 6) is 0.0204. The first kappa shape index (κ1) is 21.7. The summed E-state index contributed by atoms with van der Waals surface area (Å²) in [6.07, 6.45) is 0. The van der Waals surface area contributed by atoms with Gasteiger partial charge in [-0.25, -0.2) is 4.98 Å². The van der Waals surface area contributed by atoms with Crippen LogP contribution in [-0.2, 0) is 0 Å². The largest absolute Gasteiger partial charge is 0.368 e. The molecule has 1 aliphatic rings. The predicted octanol–water partition coefficient (Wildman–Crippen LogP) is 6.48. The number of aromatic nitrogens is 1. The van der Waals surface area contributed by atoms with Gasteiger partial charge in [-0.1, -0.05) is 59.1 Å². The lowest BCUT2D eigenvalue weighted by atomic mass is 10.0. The number of rotatable bonds is 3. The summed E-state index contributed by atoms with van der Waals surface area (Å²) in [5, 5.41) is 2.20. The van der Waals surface area contributed by atoms with Gasteiger partial charge in [0.1, 0.15) is 0 Å². The first-order valence-electron chi connectivity index (χ1n) is 11.0. The Hall–Kier alpha value is -3.08. The summed E-state index contributed by atoms with van der Waals surface area (Å²) < 4.78 is 0. The molecule has 0 saturated carbocycles. The van der Waals surface area contributed by atoms with Crippen LogP contribution in [-0.4, -0.2) is 42.0 Å². The zero-order valence-corrected chi connectivity index (χ0v) is 19.8. The molecule has 166 valence electrons. The molecule has 0 aliphatic carbocycles. The quantitative estimate of drug-likeness (QED) is 0.340. The van der Waals surface area contributed by atoms with Gasteiger partial charge in [0.05, 0.1) is 16.8 Å². The maximum Gasteiger partial charge on any atom is 0.254 e. The molecule has 0 radical (unpaired) electrons. The number of fused-ring (bicyclic) bond motifs is 1. The van der Waals surface area contributed by atoms with Gasteiger partial charge in [0.2, 0.25) is 0 Å². The Morgan fingerprint density at radius 1 is 0.879 bits per heavy atom. The van der Waals surface area contributed by atoms with Gasteiger partial charge in [0.15, 0.2) is 0 Å². The van der Waals surface area contributed by atoms with Gasteiger partial charge < -0.3 is 9.80 Å². The second kappa shape index (κ2) is 9.05. The van der Waals surface area contributed by atoms with Gasteiger partial charge in [0.25, 0.3) is 5.91 Å². The SMILES string of the molecule is Cc1ccc2nc(-c3ccccc3Cl)cc(C(=O)N3CCN(c4cccc(Cl)c4)CC3)c2c1. The maximum atomic E-state index is 13.7. The van der Waals surface area contributed by atoms with Crippen LogP contribution in [0.1, 0.15) is 15.9 Å². The fourth-order valence-electron chi connectivity index (χ4n) is 4.33. The topological polar surface area (TPSA) is 36.4 Å². The molecule has 1 fully saturated rings. The molecule has 1 aromatic heterocycles. The van der Waals surface area contributed by atoms with Crippen molar-refractivity contribution in [1.29, 1.82) is 0 Å². The zero-order chi connectivity index (χ0) is 22.9. The highest BCUT2D eigenvalue weighted by Gasteiger charge is 2.25. The number of carbonyl (C=O) groups excluding carboxylic acids is 1. The van der Waals surface area contributed by atoms with Crippen molar-refractivity contribution in [3.05, 3.63) is 94.0 Å². The summed E-state index contributed by atoms with van der Waals surface area (Å²) in [6.45, 7) is 4.82. The van der Waals surface area contributed by atoms with Crippen LogP contribution in [0.4, 0.5) is 5.69 Å². The number of pyridine rings is 1. The normalized spacial score (nSPS) is 14.0. The molecular weight excluding hydrogens is 453 g/mol. The minimum Gasteiger partial charge on any atom is -0.368 e. The second-order valence-electron chi connectivity index (χ2n) is 8.31. The minimum absolute atomic E-state index is 0.0204. The molecule has 4 aromatic rings. The van der Waals surface area contributed by atoms with E-state index in [-0.39, 0.29) is 5.91 Å². The molecule has 0 bridgehead atoms. The third kappa shape index (κ3) is 4.41. The Balaban J connectivity index is 1.48. The number of hydrogen-bond donors (Lipinski definition) is 0. The Kier molecular flexibility index (Phi) is 5.96. The van der Waals surface area contributed by atoms with Gasteiger partial charge in [0, 0.05) is 52.9 Å². The molecule has 3 aromatic carbocycles. The van der Waals surface area contributed by atoms with E-state index in [4.69, 9.17) is 28.2 Å². The van der Waals surface area contributed by atoms with Crippen LogP contribution in [0.5, 0.6) is 0 Å². The molecule has 1 saturated heterocycles. The van der Waals surface area contributed by atoms with E-state index in [0.717, 1.165) is 45.8 Å². The standard InChI is InChI=1S/C27H23Cl2N3O/c1-18-9-10-25-22(15-18)23(17-26(30-25)21-7-2-3-8-24(21)29)27(33)32-13-11-31(12-14-32)20-6-4-5-19(28)16-20/h2-10,15-17H,11-14H2,1H3. The summed E-state index contributed by atoms with van der Waals surface area (Å²) >= 11 is 12.6.